The zero-order valence-corrected chi connectivity index (χ0v) is 13.3. The number of esters is 1. The van der Waals surface area contributed by atoms with Gasteiger partial charge in [0.25, 0.3) is 0 Å². The zero-order valence-electron chi connectivity index (χ0n) is 12.4. The molecule has 7 heteroatoms. The van der Waals surface area contributed by atoms with E-state index >= 15 is 0 Å². The maximum absolute atomic E-state index is 11.9. The summed E-state index contributed by atoms with van der Waals surface area (Å²) in [5, 5.41) is 7.97. The molecular weight excluding hydrogens is 278 g/mol. The molecule has 1 atom stereocenters. The predicted molar refractivity (Wildman–Crippen MR) is 79.1 cm³/mol. The fourth-order valence-corrected chi connectivity index (χ4v) is 2.14. The number of amides is 1. The Labute approximate surface area is 122 Å². The Balaban J connectivity index is 2.60. The highest BCUT2D eigenvalue weighted by molar-refractivity contribution is 7.13. The van der Waals surface area contributed by atoms with Gasteiger partial charge in [-0.15, -0.1) is 11.3 Å². The summed E-state index contributed by atoms with van der Waals surface area (Å²) in [7, 11) is 0. The number of rotatable bonds is 5. The van der Waals surface area contributed by atoms with Gasteiger partial charge < -0.3 is 15.4 Å². The number of nitrogens with one attached hydrogen (secondary N) is 2. The van der Waals surface area contributed by atoms with Crippen molar-refractivity contribution in [3.63, 3.8) is 0 Å². The Bertz CT molecular complexity index is 479. The molecule has 0 saturated heterocycles. The minimum atomic E-state index is -0.455. The van der Waals surface area contributed by atoms with Crippen LogP contribution in [0.4, 0.5) is 5.13 Å². The molecule has 1 rings (SSSR count). The van der Waals surface area contributed by atoms with Gasteiger partial charge in [-0.1, -0.05) is 0 Å². The smallest absolute Gasteiger partial charge is 0.357 e. The molecule has 1 aromatic rings. The summed E-state index contributed by atoms with van der Waals surface area (Å²) in [5.74, 6) is -0.575. The van der Waals surface area contributed by atoms with Crippen molar-refractivity contribution in [3.05, 3.63) is 11.1 Å². The van der Waals surface area contributed by atoms with E-state index < -0.39 is 12.0 Å². The highest BCUT2D eigenvalue weighted by Gasteiger charge is 2.20. The zero-order chi connectivity index (χ0) is 15.3. The van der Waals surface area contributed by atoms with Gasteiger partial charge in [0.15, 0.2) is 10.8 Å². The molecule has 0 aliphatic heterocycles. The van der Waals surface area contributed by atoms with Crippen LogP contribution in [0.3, 0.4) is 0 Å². The monoisotopic (exact) mass is 299 g/mol. The highest BCUT2D eigenvalue weighted by atomic mass is 32.1. The van der Waals surface area contributed by atoms with Gasteiger partial charge in [0.05, 0.1) is 6.61 Å². The standard InChI is InChI=1S/C13H21N3O3S/c1-6-19-11(18)9-7-20-12(15-9)14-8(2)10(17)16-13(3,4)5/h7-8H,6H2,1-5H3,(H,14,15)(H,16,17). The fourth-order valence-electron chi connectivity index (χ4n) is 1.37. The van der Waals surface area contributed by atoms with E-state index in [-0.39, 0.29) is 17.1 Å². The summed E-state index contributed by atoms with van der Waals surface area (Å²) in [6.07, 6.45) is 0. The van der Waals surface area contributed by atoms with Gasteiger partial charge in [-0.25, -0.2) is 9.78 Å². The number of aromatic nitrogens is 1. The van der Waals surface area contributed by atoms with E-state index in [1.807, 2.05) is 20.8 Å². The molecule has 1 heterocycles. The third-order valence-electron chi connectivity index (χ3n) is 2.22. The molecule has 112 valence electrons. The largest absolute Gasteiger partial charge is 0.461 e. The molecule has 6 nitrogen and oxygen atoms in total. The molecule has 0 spiro atoms. The molecular formula is C13H21N3O3S. The summed E-state index contributed by atoms with van der Waals surface area (Å²) in [5.41, 5.74) is -0.0331. The van der Waals surface area contributed by atoms with Crippen LogP contribution in [-0.4, -0.2) is 35.0 Å². The first-order valence-corrected chi connectivity index (χ1v) is 7.32. The number of ether oxygens (including phenoxy) is 1. The van der Waals surface area contributed by atoms with Crippen molar-refractivity contribution in [2.75, 3.05) is 11.9 Å². The Kier molecular flexibility index (Phi) is 5.50. The molecule has 0 fully saturated rings. The first kappa shape index (κ1) is 16.4. The van der Waals surface area contributed by atoms with E-state index in [2.05, 4.69) is 15.6 Å². The van der Waals surface area contributed by atoms with Crippen molar-refractivity contribution < 1.29 is 14.3 Å². The van der Waals surface area contributed by atoms with Crippen LogP contribution in [-0.2, 0) is 9.53 Å². The SMILES string of the molecule is CCOC(=O)c1csc(NC(C)C(=O)NC(C)(C)C)n1. The number of carbonyl (C=O) groups excluding carboxylic acids is 2. The third kappa shape index (κ3) is 5.16. The number of thiazole rings is 1. The first-order valence-electron chi connectivity index (χ1n) is 6.44. The fraction of sp³-hybridized carbons (Fsp3) is 0.615. The van der Waals surface area contributed by atoms with Gasteiger partial charge in [-0.2, -0.15) is 0 Å². The average Bonchev–Trinajstić information content (AvgIpc) is 2.75. The molecule has 0 aliphatic rings. The van der Waals surface area contributed by atoms with Gasteiger partial charge in [0.2, 0.25) is 5.91 Å². The van der Waals surface area contributed by atoms with E-state index in [4.69, 9.17) is 4.74 Å². The molecule has 0 saturated carbocycles. The van der Waals surface area contributed by atoms with E-state index in [9.17, 15) is 9.59 Å². The first-order chi connectivity index (χ1) is 9.23. The summed E-state index contributed by atoms with van der Waals surface area (Å²) in [6, 6.07) is -0.435. The summed E-state index contributed by atoms with van der Waals surface area (Å²) in [4.78, 5) is 27.5. The second-order valence-electron chi connectivity index (χ2n) is 5.36. The van der Waals surface area contributed by atoms with Crippen molar-refractivity contribution in [3.8, 4) is 0 Å². The lowest BCUT2D eigenvalue weighted by Crippen LogP contribution is -2.47. The molecule has 1 aromatic heterocycles. The summed E-state index contributed by atoms with van der Waals surface area (Å²) < 4.78 is 4.86. The predicted octanol–water partition coefficient (Wildman–Crippen LogP) is 2.03. The lowest BCUT2D eigenvalue weighted by Gasteiger charge is -2.23. The molecule has 0 bridgehead atoms. The number of hydrogen-bond acceptors (Lipinski definition) is 6. The van der Waals surface area contributed by atoms with Crippen LogP contribution < -0.4 is 10.6 Å². The number of hydrogen-bond donors (Lipinski definition) is 2. The molecule has 0 radical (unpaired) electrons. The number of anilines is 1. The quantitative estimate of drug-likeness (QED) is 0.813. The van der Waals surface area contributed by atoms with Gasteiger partial charge in [-0.05, 0) is 34.6 Å². The van der Waals surface area contributed by atoms with E-state index in [1.165, 1.54) is 11.3 Å². The molecule has 0 aliphatic carbocycles. The maximum atomic E-state index is 11.9. The average molecular weight is 299 g/mol. The van der Waals surface area contributed by atoms with E-state index in [0.29, 0.717) is 11.7 Å². The van der Waals surface area contributed by atoms with E-state index in [1.54, 1.807) is 19.2 Å². The van der Waals surface area contributed by atoms with Crippen LogP contribution in [0.2, 0.25) is 0 Å². The molecule has 0 aromatic carbocycles. The van der Waals surface area contributed by atoms with Crippen LogP contribution in [0.15, 0.2) is 5.38 Å². The van der Waals surface area contributed by atoms with Crippen molar-refractivity contribution >= 4 is 28.3 Å². The third-order valence-corrected chi connectivity index (χ3v) is 2.99. The van der Waals surface area contributed by atoms with Gasteiger partial charge in [0, 0.05) is 10.9 Å². The molecule has 2 N–H and O–H groups in total. The van der Waals surface area contributed by atoms with Gasteiger partial charge in [0.1, 0.15) is 6.04 Å². The second kappa shape index (κ2) is 6.69. The molecule has 20 heavy (non-hydrogen) atoms. The van der Waals surface area contributed by atoms with Crippen molar-refractivity contribution in [1.82, 2.24) is 10.3 Å². The van der Waals surface area contributed by atoms with Crippen LogP contribution >= 0.6 is 11.3 Å². The van der Waals surface area contributed by atoms with Gasteiger partial charge in [-0.3, -0.25) is 4.79 Å². The Morgan fingerprint density at radius 2 is 2.10 bits per heavy atom. The lowest BCUT2D eigenvalue weighted by molar-refractivity contribution is -0.122. The van der Waals surface area contributed by atoms with Gasteiger partial charge >= 0.3 is 5.97 Å². The highest BCUT2D eigenvalue weighted by Crippen LogP contribution is 2.17. The Hall–Kier alpha value is -1.63. The van der Waals surface area contributed by atoms with Crippen molar-refractivity contribution in [2.45, 2.75) is 46.2 Å². The second-order valence-corrected chi connectivity index (χ2v) is 6.22. The van der Waals surface area contributed by atoms with E-state index in [0.717, 1.165) is 0 Å². The summed E-state index contributed by atoms with van der Waals surface area (Å²) >= 11 is 1.26. The molecule has 1 amide bonds. The summed E-state index contributed by atoms with van der Waals surface area (Å²) in [6.45, 7) is 9.54. The van der Waals surface area contributed by atoms with Crippen LogP contribution in [0.1, 0.15) is 45.1 Å². The topological polar surface area (TPSA) is 80.3 Å². The normalized spacial score (nSPS) is 12.7. The maximum Gasteiger partial charge on any atom is 0.357 e. The number of carbonyl (C=O) groups is 2. The minimum Gasteiger partial charge on any atom is -0.461 e. The lowest BCUT2D eigenvalue weighted by atomic mass is 10.1. The van der Waals surface area contributed by atoms with Crippen molar-refractivity contribution in [2.24, 2.45) is 0 Å². The molecule has 1 unspecified atom stereocenters. The van der Waals surface area contributed by atoms with Crippen LogP contribution in [0.25, 0.3) is 0 Å². The van der Waals surface area contributed by atoms with Crippen molar-refractivity contribution in [1.29, 1.82) is 0 Å². The Morgan fingerprint density at radius 1 is 1.45 bits per heavy atom. The number of nitrogens with zero attached hydrogens (tertiary/aromatic N) is 1. The minimum absolute atomic E-state index is 0.120. The Morgan fingerprint density at radius 3 is 2.65 bits per heavy atom. The van der Waals surface area contributed by atoms with Crippen LogP contribution in [0.5, 0.6) is 0 Å². The van der Waals surface area contributed by atoms with Crippen LogP contribution in [0, 0.1) is 0 Å².